The van der Waals surface area contributed by atoms with Crippen LogP contribution in [-0.2, 0) is 9.59 Å². The van der Waals surface area contributed by atoms with Gasteiger partial charge in [-0.25, -0.2) is 0 Å². The molecule has 0 saturated carbocycles. The Labute approximate surface area is 157 Å². The molecule has 0 unspecified atom stereocenters. The molecular weight excluding hydrogens is 326 g/mol. The van der Waals surface area contributed by atoms with Crippen molar-refractivity contribution >= 4 is 23.2 Å². The smallest absolute Gasteiger partial charge is 0.225 e. The molecule has 0 spiro atoms. The van der Waals surface area contributed by atoms with E-state index in [1.807, 2.05) is 43.0 Å². The first-order valence-electron chi connectivity index (χ1n) is 9.88. The molecule has 5 nitrogen and oxygen atoms in total. The number of anilines is 2. The molecule has 0 atom stereocenters. The molecular formula is C21H33N3O2. The first-order valence-corrected chi connectivity index (χ1v) is 9.88. The van der Waals surface area contributed by atoms with E-state index in [1.54, 1.807) is 0 Å². The number of carbonyl (C=O) groups excluding carboxylic acids is 2. The van der Waals surface area contributed by atoms with Gasteiger partial charge in [0.05, 0.1) is 0 Å². The predicted molar refractivity (Wildman–Crippen MR) is 107 cm³/mol. The number of nitrogens with one attached hydrogen (secondary N) is 1. The minimum absolute atomic E-state index is 0.0567. The minimum Gasteiger partial charge on any atom is -0.368 e. The van der Waals surface area contributed by atoms with Gasteiger partial charge in [-0.3, -0.25) is 9.59 Å². The van der Waals surface area contributed by atoms with Crippen LogP contribution >= 0.6 is 0 Å². The third-order valence-electron chi connectivity index (χ3n) is 5.04. The second-order valence-corrected chi connectivity index (χ2v) is 7.52. The van der Waals surface area contributed by atoms with Crippen LogP contribution < -0.4 is 10.2 Å². The molecule has 2 rings (SSSR count). The SMILES string of the molecule is CCC(CC)C(=O)N1CCN(c2ccc(NC(=O)CC(C)C)cc2)CC1. The lowest BCUT2D eigenvalue weighted by Crippen LogP contribution is -2.50. The molecule has 1 N–H and O–H groups in total. The molecule has 1 aliphatic rings. The highest BCUT2D eigenvalue weighted by atomic mass is 16.2. The molecule has 0 radical (unpaired) electrons. The lowest BCUT2D eigenvalue weighted by Gasteiger charge is -2.37. The molecule has 144 valence electrons. The van der Waals surface area contributed by atoms with Crippen LogP contribution in [0.25, 0.3) is 0 Å². The number of hydrogen-bond acceptors (Lipinski definition) is 3. The van der Waals surface area contributed by atoms with Gasteiger partial charge in [-0.05, 0) is 43.0 Å². The van der Waals surface area contributed by atoms with E-state index in [4.69, 9.17) is 0 Å². The van der Waals surface area contributed by atoms with Gasteiger partial charge in [0.1, 0.15) is 0 Å². The second kappa shape index (κ2) is 9.60. The number of hydrogen-bond donors (Lipinski definition) is 1. The molecule has 0 bridgehead atoms. The van der Waals surface area contributed by atoms with Gasteiger partial charge in [0, 0.05) is 49.9 Å². The Hall–Kier alpha value is -2.04. The van der Waals surface area contributed by atoms with Crippen LogP contribution in [0.3, 0.4) is 0 Å². The maximum Gasteiger partial charge on any atom is 0.225 e. The van der Waals surface area contributed by atoms with E-state index in [0.717, 1.165) is 50.4 Å². The molecule has 1 fully saturated rings. The summed E-state index contributed by atoms with van der Waals surface area (Å²) in [7, 11) is 0. The summed E-state index contributed by atoms with van der Waals surface area (Å²) < 4.78 is 0. The second-order valence-electron chi connectivity index (χ2n) is 7.52. The zero-order valence-electron chi connectivity index (χ0n) is 16.6. The molecule has 1 aromatic carbocycles. The maximum atomic E-state index is 12.5. The fraction of sp³-hybridized carbons (Fsp3) is 0.619. The quantitative estimate of drug-likeness (QED) is 0.806. The minimum atomic E-state index is 0.0567. The summed E-state index contributed by atoms with van der Waals surface area (Å²) in [5.74, 6) is 0.878. The van der Waals surface area contributed by atoms with Crippen molar-refractivity contribution in [1.82, 2.24) is 4.90 Å². The highest BCUT2D eigenvalue weighted by Gasteiger charge is 2.25. The largest absolute Gasteiger partial charge is 0.368 e. The zero-order valence-corrected chi connectivity index (χ0v) is 16.6. The van der Waals surface area contributed by atoms with E-state index in [-0.39, 0.29) is 11.8 Å². The van der Waals surface area contributed by atoms with Crippen LogP contribution in [0.4, 0.5) is 11.4 Å². The molecule has 1 heterocycles. The van der Waals surface area contributed by atoms with Gasteiger partial charge in [-0.15, -0.1) is 0 Å². The maximum absolute atomic E-state index is 12.5. The van der Waals surface area contributed by atoms with Crippen molar-refractivity contribution in [2.24, 2.45) is 11.8 Å². The van der Waals surface area contributed by atoms with E-state index in [1.165, 1.54) is 0 Å². The van der Waals surface area contributed by atoms with Crippen LogP contribution in [0.2, 0.25) is 0 Å². The summed E-state index contributed by atoms with van der Waals surface area (Å²) in [6.07, 6.45) is 2.37. The average molecular weight is 360 g/mol. The molecule has 26 heavy (non-hydrogen) atoms. The Balaban J connectivity index is 1.87. The molecule has 0 aromatic heterocycles. The number of benzene rings is 1. The average Bonchev–Trinajstić information content (AvgIpc) is 2.62. The van der Waals surface area contributed by atoms with E-state index < -0.39 is 0 Å². The first-order chi connectivity index (χ1) is 12.4. The number of carbonyl (C=O) groups is 2. The normalized spacial score (nSPS) is 14.8. The summed E-state index contributed by atoms with van der Waals surface area (Å²) >= 11 is 0. The van der Waals surface area contributed by atoms with Gasteiger partial charge in [-0.1, -0.05) is 27.7 Å². The van der Waals surface area contributed by atoms with Crippen molar-refractivity contribution in [2.75, 3.05) is 36.4 Å². The third kappa shape index (κ3) is 5.48. The number of amides is 2. The third-order valence-corrected chi connectivity index (χ3v) is 5.04. The van der Waals surface area contributed by atoms with Gasteiger partial charge in [0.15, 0.2) is 0 Å². The molecule has 1 saturated heterocycles. The van der Waals surface area contributed by atoms with Gasteiger partial charge < -0.3 is 15.1 Å². The Kier molecular flexibility index (Phi) is 7.49. The predicted octanol–water partition coefficient (Wildman–Crippen LogP) is 3.76. The van der Waals surface area contributed by atoms with Crippen molar-refractivity contribution in [3.8, 4) is 0 Å². The summed E-state index contributed by atoms with van der Waals surface area (Å²) in [4.78, 5) is 28.7. The van der Waals surface area contributed by atoms with E-state index >= 15 is 0 Å². The first kappa shape index (κ1) is 20.3. The number of rotatable bonds is 7. The van der Waals surface area contributed by atoms with Gasteiger partial charge in [0.2, 0.25) is 11.8 Å². The van der Waals surface area contributed by atoms with Crippen LogP contribution in [0.1, 0.15) is 47.0 Å². The molecule has 2 amide bonds. The monoisotopic (exact) mass is 359 g/mol. The summed E-state index contributed by atoms with van der Waals surface area (Å²) in [6.45, 7) is 11.5. The van der Waals surface area contributed by atoms with Gasteiger partial charge in [0.25, 0.3) is 0 Å². The van der Waals surface area contributed by atoms with Gasteiger partial charge >= 0.3 is 0 Å². The Morgan fingerprint density at radius 3 is 2.08 bits per heavy atom. The lowest BCUT2D eigenvalue weighted by molar-refractivity contribution is -0.136. The van der Waals surface area contributed by atoms with Crippen molar-refractivity contribution in [3.05, 3.63) is 24.3 Å². The highest BCUT2D eigenvalue weighted by molar-refractivity contribution is 5.91. The van der Waals surface area contributed by atoms with Crippen molar-refractivity contribution in [2.45, 2.75) is 47.0 Å². The van der Waals surface area contributed by atoms with Crippen LogP contribution in [0.5, 0.6) is 0 Å². The van der Waals surface area contributed by atoms with E-state index in [9.17, 15) is 9.59 Å². The van der Waals surface area contributed by atoms with Crippen molar-refractivity contribution < 1.29 is 9.59 Å². The van der Waals surface area contributed by atoms with E-state index in [0.29, 0.717) is 18.2 Å². The summed E-state index contributed by atoms with van der Waals surface area (Å²) in [5.41, 5.74) is 1.98. The standard InChI is InChI=1S/C21H33N3O2/c1-5-17(6-2)21(26)24-13-11-23(12-14-24)19-9-7-18(8-10-19)22-20(25)15-16(3)4/h7-10,16-17H,5-6,11-15H2,1-4H3,(H,22,25). The van der Waals surface area contributed by atoms with Crippen LogP contribution in [-0.4, -0.2) is 42.9 Å². The Morgan fingerprint density at radius 1 is 1.00 bits per heavy atom. The number of piperazine rings is 1. The Bertz CT molecular complexity index is 586. The van der Waals surface area contributed by atoms with E-state index in [2.05, 4.69) is 24.1 Å². The van der Waals surface area contributed by atoms with Crippen LogP contribution in [0, 0.1) is 11.8 Å². The zero-order chi connectivity index (χ0) is 19.1. The number of nitrogens with zero attached hydrogens (tertiary/aromatic N) is 2. The Morgan fingerprint density at radius 2 is 1.58 bits per heavy atom. The molecule has 0 aliphatic carbocycles. The fourth-order valence-corrected chi connectivity index (χ4v) is 3.42. The molecule has 5 heteroatoms. The van der Waals surface area contributed by atoms with Crippen LogP contribution in [0.15, 0.2) is 24.3 Å². The highest BCUT2D eigenvalue weighted by Crippen LogP contribution is 2.21. The topological polar surface area (TPSA) is 52.7 Å². The molecule has 1 aliphatic heterocycles. The molecule has 1 aromatic rings. The lowest BCUT2D eigenvalue weighted by atomic mass is 10.0. The summed E-state index contributed by atoms with van der Waals surface area (Å²) in [5, 5.41) is 2.94. The fourth-order valence-electron chi connectivity index (χ4n) is 3.42. The summed E-state index contributed by atoms with van der Waals surface area (Å²) in [6, 6.07) is 8.00. The van der Waals surface area contributed by atoms with Crippen molar-refractivity contribution in [3.63, 3.8) is 0 Å². The van der Waals surface area contributed by atoms with Gasteiger partial charge in [-0.2, -0.15) is 0 Å². The van der Waals surface area contributed by atoms with Crippen molar-refractivity contribution in [1.29, 1.82) is 0 Å².